The van der Waals surface area contributed by atoms with E-state index in [1.54, 1.807) is 14.1 Å². The quantitative estimate of drug-likeness (QED) is 0.591. The average Bonchev–Trinajstić information content (AvgIpc) is 3.27. The van der Waals surface area contributed by atoms with E-state index in [1.165, 1.54) is 4.90 Å². The third kappa shape index (κ3) is 4.84. The molecule has 2 aliphatic heterocycles. The molecule has 3 atom stereocenters. The Kier molecular flexibility index (Phi) is 6.90. The highest BCUT2D eigenvalue weighted by Crippen LogP contribution is 2.36. The summed E-state index contributed by atoms with van der Waals surface area (Å²) in [6, 6.07) is 8.60. The maximum Gasteiger partial charge on any atom is 0.316 e. The number of carbonyl (C=O) groups excluding carboxylic acids is 2. The first-order valence-electron chi connectivity index (χ1n) is 11.9. The first-order valence-corrected chi connectivity index (χ1v) is 11.9. The van der Waals surface area contributed by atoms with Gasteiger partial charge in [0.15, 0.2) is 5.69 Å². The summed E-state index contributed by atoms with van der Waals surface area (Å²) >= 11 is 0. The molecule has 2 saturated heterocycles. The van der Waals surface area contributed by atoms with Gasteiger partial charge in [0.2, 0.25) is 0 Å². The number of aliphatic hydroxyl groups excluding tert-OH is 1. The van der Waals surface area contributed by atoms with Crippen LogP contribution in [0.1, 0.15) is 56.1 Å². The number of urea groups is 1. The third-order valence-electron chi connectivity index (χ3n) is 7.00. The molecule has 2 fully saturated rings. The zero-order valence-electron chi connectivity index (χ0n) is 20.0. The molecule has 1 unspecified atom stereocenters. The maximum absolute atomic E-state index is 13.2. The average molecular weight is 457 g/mol. The Bertz CT molecular complexity index is 991. The first-order chi connectivity index (χ1) is 15.8. The van der Waals surface area contributed by atoms with Crippen LogP contribution < -0.4 is 10.6 Å². The van der Waals surface area contributed by atoms with Gasteiger partial charge in [0, 0.05) is 56.7 Å². The summed E-state index contributed by atoms with van der Waals surface area (Å²) in [7, 11) is 3.27. The number of likely N-dealkylation sites (N-methyl/N-ethyl adjacent to an activating group) is 1. The van der Waals surface area contributed by atoms with Crippen LogP contribution in [-0.2, 0) is 0 Å². The Morgan fingerprint density at radius 2 is 1.88 bits per heavy atom. The number of aromatic nitrogens is 2. The number of aliphatic hydroxyl groups is 1. The predicted octanol–water partition coefficient (Wildman–Crippen LogP) is 1.97. The molecule has 2 aliphatic rings. The van der Waals surface area contributed by atoms with Crippen LogP contribution in [-0.4, -0.2) is 88.0 Å². The monoisotopic (exact) mass is 456 g/mol. The fraction of sp³-hybridized carbons (Fsp3) is 0.625. The van der Waals surface area contributed by atoms with Crippen LogP contribution in [0.2, 0.25) is 0 Å². The molecule has 3 heterocycles. The molecule has 0 saturated carbocycles. The summed E-state index contributed by atoms with van der Waals surface area (Å²) in [5, 5.41) is 21.9. The highest BCUT2D eigenvalue weighted by atomic mass is 16.3. The van der Waals surface area contributed by atoms with E-state index in [0.29, 0.717) is 30.9 Å². The second kappa shape index (κ2) is 9.69. The van der Waals surface area contributed by atoms with E-state index in [4.69, 9.17) is 0 Å². The van der Waals surface area contributed by atoms with Gasteiger partial charge in [-0.1, -0.05) is 18.2 Å². The van der Waals surface area contributed by atoms with E-state index in [2.05, 4.69) is 34.5 Å². The van der Waals surface area contributed by atoms with E-state index in [9.17, 15) is 14.7 Å². The van der Waals surface area contributed by atoms with E-state index < -0.39 is 6.10 Å². The van der Waals surface area contributed by atoms with Gasteiger partial charge in [-0.3, -0.25) is 14.4 Å². The molecule has 0 radical (unpaired) electrons. The van der Waals surface area contributed by atoms with Gasteiger partial charge in [-0.15, -0.1) is 0 Å². The number of nitrogens with zero attached hydrogens (tertiary/aromatic N) is 4. The Morgan fingerprint density at radius 3 is 2.52 bits per heavy atom. The maximum atomic E-state index is 13.2. The van der Waals surface area contributed by atoms with Crippen molar-refractivity contribution in [2.45, 2.75) is 69.8 Å². The van der Waals surface area contributed by atoms with Crippen molar-refractivity contribution in [1.82, 2.24) is 30.2 Å². The molecule has 1 aromatic carbocycles. The zero-order chi connectivity index (χ0) is 23.7. The van der Waals surface area contributed by atoms with Gasteiger partial charge < -0.3 is 20.6 Å². The second-order valence-corrected chi connectivity index (χ2v) is 9.72. The summed E-state index contributed by atoms with van der Waals surface area (Å²) in [4.78, 5) is 28.8. The van der Waals surface area contributed by atoms with E-state index in [1.807, 2.05) is 28.9 Å². The van der Waals surface area contributed by atoms with Crippen molar-refractivity contribution in [2.24, 2.45) is 0 Å². The number of piperidine rings is 1. The van der Waals surface area contributed by atoms with Crippen molar-refractivity contribution in [1.29, 1.82) is 0 Å². The van der Waals surface area contributed by atoms with Crippen molar-refractivity contribution in [3.05, 3.63) is 30.0 Å². The van der Waals surface area contributed by atoms with Gasteiger partial charge in [-0.2, -0.15) is 5.10 Å². The Labute approximate surface area is 195 Å². The Balaban J connectivity index is 1.38. The lowest BCUT2D eigenvalue weighted by Gasteiger charge is -2.40. The minimum absolute atomic E-state index is 0.0971. The number of hydrogen-bond donors (Lipinski definition) is 3. The molecule has 2 aromatic rings. The highest BCUT2D eigenvalue weighted by Gasteiger charge is 2.42. The molecule has 3 N–H and O–H groups in total. The molecule has 1 aromatic heterocycles. The Hall–Kier alpha value is -2.65. The van der Waals surface area contributed by atoms with Crippen molar-refractivity contribution in [3.63, 3.8) is 0 Å². The van der Waals surface area contributed by atoms with Crippen LogP contribution in [0.25, 0.3) is 10.9 Å². The van der Waals surface area contributed by atoms with Gasteiger partial charge in [0.25, 0.3) is 5.91 Å². The van der Waals surface area contributed by atoms with Crippen molar-refractivity contribution < 1.29 is 14.7 Å². The molecule has 4 rings (SSSR count). The molecule has 3 amide bonds. The molecule has 9 heteroatoms. The summed E-state index contributed by atoms with van der Waals surface area (Å²) in [6.45, 7) is 4.97. The fourth-order valence-electron chi connectivity index (χ4n) is 5.49. The van der Waals surface area contributed by atoms with Gasteiger partial charge in [0.1, 0.15) is 0 Å². The SMILES string of the molecule is CNC(=O)N(C)CC(O)CN1[C@H]2CC[C@H]1CC(NC(=O)c1nn(C(C)C)c3ccccc13)C2. The molecular weight excluding hydrogens is 420 g/mol. The largest absolute Gasteiger partial charge is 0.390 e. The lowest BCUT2D eigenvalue weighted by molar-refractivity contribution is 0.0409. The molecule has 0 aliphatic carbocycles. The molecule has 9 nitrogen and oxygen atoms in total. The topological polar surface area (TPSA) is 103 Å². The number of fused-ring (bicyclic) bond motifs is 3. The summed E-state index contributed by atoms with van der Waals surface area (Å²) in [6.07, 6.45) is 3.26. The number of hydrogen-bond acceptors (Lipinski definition) is 5. The summed E-state index contributed by atoms with van der Waals surface area (Å²) in [5.41, 5.74) is 1.46. The zero-order valence-corrected chi connectivity index (χ0v) is 20.0. The van der Waals surface area contributed by atoms with E-state index >= 15 is 0 Å². The van der Waals surface area contributed by atoms with Gasteiger partial charge >= 0.3 is 6.03 Å². The molecule has 33 heavy (non-hydrogen) atoms. The predicted molar refractivity (Wildman–Crippen MR) is 127 cm³/mol. The number of nitrogens with one attached hydrogen (secondary N) is 2. The van der Waals surface area contributed by atoms with Crippen molar-refractivity contribution in [3.8, 4) is 0 Å². The van der Waals surface area contributed by atoms with Crippen LogP contribution >= 0.6 is 0 Å². The highest BCUT2D eigenvalue weighted by molar-refractivity contribution is 6.05. The van der Waals surface area contributed by atoms with E-state index in [-0.39, 0.29) is 24.0 Å². The van der Waals surface area contributed by atoms with Crippen LogP contribution in [0.3, 0.4) is 0 Å². The normalized spacial score (nSPS) is 23.6. The minimum Gasteiger partial charge on any atom is -0.390 e. The van der Waals surface area contributed by atoms with Crippen LogP contribution in [0.15, 0.2) is 24.3 Å². The second-order valence-electron chi connectivity index (χ2n) is 9.72. The first kappa shape index (κ1) is 23.5. The van der Waals surface area contributed by atoms with Gasteiger partial charge in [-0.05, 0) is 45.6 Å². The van der Waals surface area contributed by atoms with Gasteiger partial charge in [-0.25, -0.2) is 4.79 Å². The summed E-state index contributed by atoms with van der Waals surface area (Å²) < 4.78 is 1.91. The van der Waals surface area contributed by atoms with Crippen LogP contribution in [0.4, 0.5) is 4.79 Å². The molecule has 2 bridgehead atoms. The number of carbonyl (C=O) groups is 2. The van der Waals surface area contributed by atoms with Crippen LogP contribution in [0.5, 0.6) is 0 Å². The minimum atomic E-state index is -0.604. The fourth-order valence-corrected chi connectivity index (χ4v) is 5.49. The standard InChI is InChI=1S/C24H36N6O3/c1-15(2)30-21-8-6-5-7-20(21)22(27-30)23(32)26-16-11-17-9-10-18(12-16)29(17)14-19(31)13-28(4)24(33)25-3/h5-8,15-19,31H,9-14H2,1-4H3,(H,25,33)(H,26,32)/t17-,18-,19?/m0/s1. The van der Waals surface area contributed by atoms with Crippen molar-refractivity contribution in [2.75, 3.05) is 27.2 Å². The number of para-hydroxylation sites is 1. The van der Waals surface area contributed by atoms with Crippen molar-refractivity contribution >= 4 is 22.8 Å². The molecule has 180 valence electrons. The number of benzene rings is 1. The third-order valence-corrected chi connectivity index (χ3v) is 7.00. The van der Waals surface area contributed by atoms with E-state index in [0.717, 1.165) is 36.6 Å². The Morgan fingerprint density at radius 1 is 1.21 bits per heavy atom. The smallest absolute Gasteiger partial charge is 0.316 e. The van der Waals surface area contributed by atoms with Gasteiger partial charge in [0.05, 0.1) is 11.6 Å². The van der Waals surface area contributed by atoms with Crippen LogP contribution in [0, 0.1) is 0 Å². The summed E-state index contributed by atoms with van der Waals surface area (Å²) in [5.74, 6) is -0.115. The number of rotatable bonds is 7. The lowest BCUT2D eigenvalue weighted by Crippen LogP contribution is -2.53. The molecular formula is C24H36N6O3. The number of amides is 3. The molecule has 0 spiro atoms. The lowest BCUT2D eigenvalue weighted by atomic mass is 9.96.